The van der Waals surface area contributed by atoms with Crippen molar-refractivity contribution in [2.45, 2.75) is 69.6 Å². The molecule has 2 aromatic rings. The van der Waals surface area contributed by atoms with Crippen molar-refractivity contribution in [2.24, 2.45) is 22.6 Å². The molecule has 1 heterocycles. The molecule has 4 rings (SSSR count). The summed E-state index contributed by atoms with van der Waals surface area (Å²) in [4.78, 5) is 43.5. The van der Waals surface area contributed by atoms with Crippen molar-refractivity contribution in [3.05, 3.63) is 59.7 Å². The molecule has 232 valence electrons. The Balaban J connectivity index is 1.67. The number of nitrogens with one attached hydrogen (secondary N) is 2. The Morgan fingerprint density at radius 3 is 2.23 bits per heavy atom. The summed E-state index contributed by atoms with van der Waals surface area (Å²) in [7, 11) is 0. The van der Waals surface area contributed by atoms with Crippen LogP contribution in [0, 0.1) is 11.8 Å². The molecule has 3 atom stereocenters. The second kappa shape index (κ2) is 13.0. The quantitative estimate of drug-likeness (QED) is 0.283. The number of para-hydroxylation sites is 1. The van der Waals surface area contributed by atoms with Crippen molar-refractivity contribution < 1.29 is 45.5 Å². The van der Waals surface area contributed by atoms with Crippen LogP contribution in [0.15, 0.2) is 53.5 Å². The number of rotatable bonds is 12. The molecule has 0 saturated heterocycles. The fourth-order valence-electron chi connectivity index (χ4n) is 4.83. The summed E-state index contributed by atoms with van der Waals surface area (Å²) >= 11 is 0. The zero-order valence-corrected chi connectivity index (χ0v) is 22.8. The second-order valence-electron chi connectivity index (χ2n) is 10.5. The van der Waals surface area contributed by atoms with Gasteiger partial charge in [-0.3, -0.25) is 14.4 Å². The third-order valence-corrected chi connectivity index (χ3v) is 7.08. The van der Waals surface area contributed by atoms with Crippen LogP contribution < -0.4 is 21.1 Å². The first-order valence-corrected chi connectivity index (χ1v) is 13.7. The number of ether oxygens (including phenoxy) is 1. The maximum Gasteiger partial charge on any atom is 0.389 e. The van der Waals surface area contributed by atoms with Gasteiger partial charge in [0, 0.05) is 35.8 Å². The van der Waals surface area contributed by atoms with Crippen molar-refractivity contribution >= 4 is 29.1 Å². The number of aliphatic imine (C=N–C) groups is 1. The van der Waals surface area contributed by atoms with Crippen molar-refractivity contribution in [3.63, 3.8) is 0 Å². The number of halogens is 6. The van der Waals surface area contributed by atoms with Gasteiger partial charge in [-0.25, -0.2) is 4.99 Å². The number of fused-ring (bicyclic) bond motifs is 1. The number of hydrogen-bond acceptors (Lipinski definition) is 5. The largest absolute Gasteiger partial charge is 0.488 e. The Kier molecular flexibility index (Phi) is 9.65. The summed E-state index contributed by atoms with van der Waals surface area (Å²) in [5, 5.41) is 5.04. The number of benzodiazepines with no additional fused rings is 1. The summed E-state index contributed by atoms with van der Waals surface area (Å²) in [6, 6.07) is 13.7. The maximum absolute atomic E-state index is 13.5. The predicted molar refractivity (Wildman–Crippen MR) is 144 cm³/mol. The lowest BCUT2D eigenvalue weighted by atomic mass is 9.83. The summed E-state index contributed by atoms with van der Waals surface area (Å²) in [5.74, 6) is -6.27. The Morgan fingerprint density at radius 2 is 1.63 bits per heavy atom. The summed E-state index contributed by atoms with van der Waals surface area (Å²) in [5.41, 5.74) is 6.93. The standard InChI is InChI=1S/C29H30F6N4O4/c30-28(31,32)14-5-9-19(18(24(36)40)13-15-29(33,34)35)26(41)39-25-27(42)38-23-20(8-4-10-21(23)43-17-11-12-17)22(37-25)16-6-2-1-3-7-16/h1-4,6-8,10,17-19,25H,5,9,11-15H2,(H2,36,40)(H,38,42)(H,39,41)/t18-,19+,25-/m1/s1. The van der Waals surface area contributed by atoms with Gasteiger partial charge in [-0.1, -0.05) is 42.5 Å². The number of carbonyl (C=O) groups is 3. The van der Waals surface area contributed by atoms with Crippen LogP contribution in [-0.2, 0) is 14.4 Å². The van der Waals surface area contributed by atoms with E-state index in [4.69, 9.17) is 10.5 Å². The van der Waals surface area contributed by atoms with E-state index in [-0.39, 0.29) is 11.8 Å². The monoisotopic (exact) mass is 612 g/mol. The molecule has 0 unspecified atom stereocenters. The highest BCUT2D eigenvalue weighted by molar-refractivity contribution is 6.20. The van der Waals surface area contributed by atoms with Gasteiger partial charge in [-0.05, 0) is 38.2 Å². The Labute approximate surface area is 243 Å². The van der Waals surface area contributed by atoms with Crippen LogP contribution in [0.2, 0.25) is 0 Å². The Morgan fingerprint density at radius 1 is 0.953 bits per heavy atom. The van der Waals surface area contributed by atoms with Crippen molar-refractivity contribution in [1.82, 2.24) is 5.32 Å². The van der Waals surface area contributed by atoms with Crippen LogP contribution in [-0.4, -0.2) is 48.1 Å². The number of benzene rings is 2. The molecule has 0 aromatic heterocycles. The fraction of sp³-hybridized carbons (Fsp3) is 0.448. The van der Waals surface area contributed by atoms with Crippen LogP contribution in [0.4, 0.5) is 32.0 Å². The summed E-state index contributed by atoms with van der Waals surface area (Å²) in [6.45, 7) is 0. The molecule has 1 fully saturated rings. The highest BCUT2D eigenvalue weighted by Crippen LogP contribution is 2.37. The number of hydrogen-bond donors (Lipinski definition) is 3. The van der Waals surface area contributed by atoms with Gasteiger partial charge in [-0.2, -0.15) is 26.3 Å². The fourth-order valence-corrected chi connectivity index (χ4v) is 4.83. The summed E-state index contributed by atoms with van der Waals surface area (Å²) in [6.07, 6.45) is -14.3. The number of amides is 3. The topological polar surface area (TPSA) is 123 Å². The molecule has 1 aliphatic heterocycles. The van der Waals surface area contributed by atoms with Gasteiger partial charge >= 0.3 is 12.4 Å². The van der Waals surface area contributed by atoms with Crippen LogP contribution >= 0.6 is 0 Å². The molecule has 14 heteroatoms. The lowest BCUT2D eigenvalue weighted by molar-refractivity contribution is -0.147. The number of primary amides is 1. The number of nitrogens with two attached hydrogens (primary N) is 1. The first-order chi connectivity index (χ1) is 20.2. The lowest BCUT2D eigenvalue weighted by Crippen LogP contribution is -2.48. The molecule has 4 N–H and O–H groups in total. The minimum Gasteiger partial charge on any atom is -0.488 e. The number of alkyl halides is 6. The number of carbonyl (C=O) groups excluding carboxylic acids is 3. The molecule has 0 radical (unpaired) electrons. The van der Waals surface area contributed by atoms with Gasteiger partial charge in [-0.15, -0.1) is 0 Å². The Hall–Kier alpha value is -4.10. The number of nitrogens with zero attached hydrogens (tertiary/aromatic N) is 1. The molecule has 3 amide bonds. The van der Waals surface area contributed by atoms with Crippen molar-refractivity contribution in [3.8, 4) is 5.75 Å². The molecule has 1 saturated carbocycles. The molecule has 2 aliphatic rings. The van der Waals surface area contributed by atoms with Gasteiger partial charge < -0.3 is 21.1 Å². The minimum atomic E-state index is -4.71. The van der Waals surface area contributed by atoms with E-state index in [1.54, 1.807) is 48.5 Å². The van der Waals surface area contributed by atoms with Crippen molar-refractivity contribution in [1.29, 1.82) is 0 Å². The molecular weight excluding hydrogens is 582 g/mol. The van der Waals surface area contributed by atoms with E-state index in [0.717, 1.165) is 12.8 Å². The maximum atomic E-state index is 13.5. The molecule has 0 bridgehead atoms. The summed E-state index contributed by atoms with van der Waals surface area (Å²) < 4.78 is 83.5. The first-order valence-electron chi connectivity index (χ1n) is 13.7. The van der Waals surface area contributed by atoms with E-state index in [9.17, 15) is 40.7 Å². The second-order valence-corrected chi connectivity index (χ2v) is 10.5. The van der Waals surface area contributed by atoms with E-state index in [2.05, 4.69) is 15.6 Å². The first kappa shape index (κ1) is 31.8. The van der Waals surface area contributed by atoms with Crippen LogP contribution in [0.5, 0.6) is 5.75 Å². The zero-order valence-electron chi connectivity index (χ0n) is 22.8. The molecule has 43 heavy (non-hydrogen) atoms. The average Bonchev–Trinajstić information content (AvgIpc) is 3.75. The van der Waals surface area contributed by atoms with Gasteiger partial charge in [0.25, 0.3) is 5.91 Å². The smallest absolute Gasteiger partial charge is 0.389 e. The number of anilines is 1. The third-order valence-electron chi connectivity index (χ3n) is 7.08. The Bertz CT molecular complexity index is 1360. The average molecular weight is 613 g/mol. The predicted octanol–water partition coefficient (Wildman–Crippen LogP) is 5.25. The van der Waals surface area contributed by atoms with Crippen molar-refractivity contribution in [2.75, 3.05) is 5.32 Å². The van der Waals surface area contributed by atoms with E-state index in [0.29, 0.717) is 22.6 Å². The third kappa shape index (κ3) is 8.94. The van der Waals surface area contributed by atoms with Crippen LogP contribution in [0.1, 0.15) is 56.1 Å². The lowest BCUT2D eigenvalue weighted by Gasteiger charge is -2.26. The molecule has 8 nitrogen and oxygen atoms in total. The molecule has 2 aromatic carbocycles. The van der Waals surface area contributed by atoms with Gasteiger partial charge in [0.2, 0.25) is 18.0 Å². The molecular formula is C29H30F6N4O4. The van der Waals surface area contributed by atoms with E-state index in [1.807, 2.05) is 0 Å². The van der Waals surface area contributed by atoms with Crippen LogP contribution in [0.25, 0.3) is 0 Å². The SMILES string of the molecule is NC(=O)[C@H](CCC(F)(F)F)[C@H](CCCC(F)(F)F)C(=O)N[C@H]1N=C(c2ccccc2)c2cccc(OC3CC3)c2NC1=O. The highest BCUT2D eigenvalue weighted by Gasteiger charge is 2.39. The zero-order chi connectivity index (χ0) is 31.4. The normalized spacial score (nSPS) is 18.4. The molecule has 1 aliphatic carbocycles. The van der Waals surface area contributed by atoms with Gasteiger partial charge in [0.1, 0.15) is 5.75 Å². The van der Waals surface area contributed by atoms with E-state index in [1.165, 1.54) is 0 Å². The molecule has 0 spiro atoms. The highest BCUT2D eigenvalue weighted by atomic mass is 19.4. The van der Waals surface area contributed by atoms with Gasteiger partial charge in [0.05, 0.1) is 17.5 Å². The van der Waals surface area contributed by atoms with Crippen LogP contribution in [0.3, 0.4) is 0 Å². The van der Waals surface area contributed by atoms with E-state index >= 15 is 0 Å². The van der Waals surface area contributed by atoms with Gasteiger partial charge in [0.15, 0.2) is 0 Å². The minimum absolute atomic E-state index is 0.0286. The van der Waals surface area contributed by atoms with E-state index < -0.39 is 80.2 Å².